The van der Waals surface area contributed by atoms with Gasteiger partial charge in [0.15, 0.2) is 17.9 Å². The van der Waals surface area contributed by atoms with E-state index in [9.17, 15) is 19.5 Å². The Hall–Kier alpha value is -4.09. The van der Waals surface area contributed by atoms with Gasteiger partial charge >= 0.3 is 5.97 Å². The van der Waals surface area contributed by atoms with E-state index in [4.69, 9.17) is 16.3 Å². The van der Waals surface area contributed by atoms with E-state index in [1.54, 1.807) is 17.8 Å². The van der Waals surface area contributed by atoms with Crippen molar-refractivity contribution in [2.45, 2.75) is 31.4 Å². The molecular formula is C22H25N10O5S2+. The number of aliphatic carboxylic acids is 1. The molecule has 5 heterocycles. The Balaban J connectivity index is 1.37. The average Bonchev–Trinajstić information content (AvgIpc) is 3.54. The van der Waals surface area contributed by atoms with Crippen LogP contribution in [0.2, 0.25) is 0 Å². The number of oxime groups is 1. The summed E-state index contributed by atoms with van der Waals surface area (Å²) in [6, 6.07) is 2.80. The van der Waals surface area contributed by atoms with E-state index >= 15 is 0 Å². The van der Waals surface area contributed by atoms with Crippen LogP contribution in [0, 0.1) is 0 Å². The summed E-state index contributed by atoms with van der Waals surface area (Å²) < 4.78 is 7.67. The highest BCUT2D eigenvalue weighted by Crippen LogP contribution is 2.40. The standard InChI is InChI=1S/C22H24N10O5S2/c1-2-37-28-14(17-27-22(24)39-29-17)18(33)26-15-19(34)32-16(21(35)36)11(10-38-20(15)32)9-30-6-3-4-12-13(30)8-25-31(12)7-5-23/h3-4,6,8,15,20H,2,5,7,9-10,23H2,1H3,(H3-,24,26,27,29,33,35,36)/p+1/b28-14+/t15-,20-/m1/s1. The molecule has 0 spiro atoms. The van der Waals surface area contributed by atoms with Crippen molar-refractivity contribution >= 4 is 63.0 Å². The maximum atomic E-state index is 13.2. The van der Waals surface area contributed by atoms with Gasteiger partial charge in [0.25, 0.3) is 17.3 Å². The van der Waals surface area contributed by atoms with Crippen molar-refractivity contribution in [3.8, 4) is 0 Å². The minimum atomic E-state index is -1.22. The number of thioether (sulfide) groups is 1. The maximum Gasteiger partial charge on any atom is 0.352 e. The molecule has 0 saturated carbocycles. The minimum absolute atomic E-state index is 0.0298. The lowest BCUT2D eigenvalue weighted by molar-refractivity contribution is -0.663. The highest BCUT2D eigenvalue weighted by Gasteiger charge is 2.55. The predicted molar refractivity (Wildman–Crippen MR) is 141 cm³/mol. The quantitative estimate of drug-likeness (QED) is 0.0990. The van der Waals surface area contributed by atoms with Crippen molar-refractivity contribution in [3.63, 3.8) is 0 Å². The van der Waals surface area contributed by atoms with Crippen LogP contribution in [0.15, 0.2) is 41.0 Å². The first-order chi connectivity index (χ1) is 18.8. The molecule has 17 heteroatoms. The molecule has 6 N–H and O–H groups in total. The van der Waals surface area contributed by atoms with Crippen molar-refractivity contribution in [1.82, 2.24) is 29.4 Å². The number of carboxylic acid groups (broad SMARTS) is 1. The number of carbonyl (C=O) groups is 3. The lowest BCUT2D eigenvalue weighted by Gasteiger charge is -2.49. The number of anilines is 1. The Morgan fingerprint density at radius 2 is 2.23 bits per heavy atom. The third kappa shape index (κ3) is 4.90. The number of nitrogens with one attached hydrogen (secondary N) is 1. The number of carbonyl (C=O) groups excluding carboxylic acids is 2. The van der Waals surface area contributed by atoms with Gasteiger partial charge in [-0.05, 0) is 13.0 Å². The van der Waals surface area contributed by atoms with Crippen LogP contribution >= 0.6 is 23.3 Å². The number of nitrogen functional groups attached to an aromatic ring is 1. The van der Waals surface area contributed by atoms with E-state index in [1.165, 1.54) is 16.7 Å². The highest BCUT2D eigenvalue weighted by molar-refractivity contribution is 8.00. The third-order valence-electron chi connectivity index (χ3n) is 6.08. The van der Waals surface area contributed by atoms with Crippen LogP contribution in [0.5, 0.6) is 0 Å². The number of β-lactam (4-membered cyclic amide) rings is 1. The number of nitrogens with two attached hydrogens (primary N) is 2. The molecule has 5 rings (SSSR count). The lowest BCUT2D eigenvalue weighted by Crippen LogP contribution is -2.71. The Labute approximate surface area is 229 Å². The number of carboxylic acids is 1. The van der Waals surface area contributed by atoms with Gasteiger partial charge < -0.3 is 26.7 Å². The number of pyridine rings is 1. The molecule has 2 aliphatic rings. The molecule has 2 atom stereocenters. The molecule has 204 valence electrons. The van der Waals surface area contributed by atoms with Crippen LogP contribution in [0.4, 0.5) is 5.13 Å². The van der Waals surface area contributed by atoms with Crippen LogP contribution in [0.1, 0.15) is 12.7 Å². The van der Waals surface area contributed by atoms with Crippen LogP contribution in [0.3, 0.4) is 0 Å². The molecular weight excluding hydrogens is 548 g/mol. The van der Waals surface area contributed by atoms with Gasteiger partial charge in [0.2, 0.25) is 11.5 Å². The number of aromatic nitrogens is 5. The van der Waals surface area contributed by atoms with Gasteiger partial charge in [0, 0.05) is 35.5 Å². The summed E-state index contributed by atoms with van der Waals surface area (Å²) in [6.45, 7) is 3.11. The minimum Gasteiger partial charge on any atom is -0.477 e. The average molecular weight is 574 g/mol. The Bertz CT molecular complexity index is 1520. The van der Waals surface area contributed by atoms with Crippen LogP contribution in [-0.2, 0) is 32.3 Å². The monoisotopic (exact) mass is 573 g/mol. The molecule has 39 heavy (non-hydrogen) atoms. The normalized spacial score (nSPS) is 19.2. The first-order valence-electron chi connectivity index (χ1n) is 11.9. The highest BCUT2D eigenvalue weighted by atomic mass is 32.2. The molecule has 1 fully saturated rings. The predicted octanol–water partition coefficient (Wildman–Crippen LogP) is -1.10. The third-order valence-corrected chi connectivity index (χ3v) is 7.96. The second-order valence-corrected chi connectivity index (χ2v) is 10.4. The molecule has 0 aromatic carbocycles. The van der Waals surface area contributed by atoms with Crippen LogP contribution in [-0.4, -0.2) is 83.0 Å². The second kappa shape index (κ2) is 11.0. The van der Waals surface area contributed by atoms with Gasteiger partial charge in [-0.2, -0.15) is 19.0 Å². The summed E-state index contributed by atoms with van der Waals surface area (Å²) in [5, 5.41) is 20.4. The van der Waals surface area contributed by atoms with Crippen molar-refractivity contribution < 1.29 is 28.9 Å². The fourth-order valence-corrected chi connectivity index (χ4v) is 6.17. The Kier molecular flexibility index (Phi) is 7.45. The SMILES string of the molecule is CCO/N=C(/C(=O)N[C@@H]1C(=O)N2C(C(=O)O)=C(C[n+]3cccc4c3cnn4CCN)CS[C@H]12)c1nsc(N)n1. The van der Waals surface area contributed by atoms with Crippen molar-refractivity contribution in [2.24, 2.45) is 10.9 Å². The van der Waals surface area contributed by atoms with Gasteiger partial charge in [0.05, 0.1) is 6.54 Å². The molecule has 15 nitrogen and oxygen atoms in total. The number of amides is 2. The Morgan fingerprint density at radius 1 is 1.41 bits per heavy atom. The van der Waals surface area contributed by atoms with Gasteiger partial charge in [-0.1, -0.05) is 5.16 Å². The zero-order valence-corrected chi connectivity index (χ0v) is 22.3. The fourth-order valence-electron chi connectivity index (χ4n) is 4.40. The van der Waals surface area contributed by atoms with E-state index in [0.29, 0.717) is 24.4 Å². The number of rotatable bonds is 10. The molecule has 0 bridgehead atoms. The lowest BCUT2D eigenvalue weighted by atomic mass is 10.0. The number of hydrogen-bond donors (Lipinski definition) is 4. The van der Waals surface area contributed by atoms with Crippen LogP contribution in [0.25, 0.3) is 11.0 Å². The van der Waals surface area contributed by atoms with Gasteiger partial charge in [-0.25, -0.2) is 4.79 Å². The molecule has 0 unspecified atom stereocenters. The maximum absolute atomic E-state index is 13.2. The van der Waals surface area contributed by atoms with Crippen molar-refractivity contribution in [2.75, 3.05) is 24.6 Å². The van der Waals surface area contributed by atoms with Crippen molar-refractivity contribution in [1.29, 1.82) is 0 Å². The topological polar surface area (TPSA) is 208 Å². The first-order valence-corrected chi connectivity index (χ1v) is 13.7. The molecule has 0 aliphatic carbocycles. The number of hydrogen-bond acceptors (Lipinski definition) is 12. The molecule has 2 amide bonds. The summed E-state index contributed by atoms with van der Waals surface area (Å²) in [4.78, 5) is 48.7. The molecule has 2 aliphatic heterocycles. The second-order valence-electron chi connectivity index (χ2n) is 8.50. The summed E-state index contributed by atoms with van der Waals surface area (Å²) in [5.41, 5.74) is 13.2. The zero-order valence-electron chi connectivity index (χ0n) is 20.7. The van der Waals surface area contributed by atoms with Crippen LogP contribution < -0.4 is 21.4 Å². The van der Waals surface area contributed by atoms with E-state index in [1.807, 2.05) is 22.9 Å². The van der Waals surface area contributed by atoms with Gasteiger partial charge in [-0.15, -0.1) is 11.8 Å². The first kappa shape index (κ1) is 26.5. The van der Waals surface area contributed by atoms with E-state index in [0.717, 1.165) is 22.6 Å². The fraction of sp³-hybridized carbons (Fsp3) is 0.364. The van der Waals surface area contributed by atoms with E-state index < -0.39 is 29.2 Å². The van der Waals surface area contributed by atoms with Crippen molar-refractivity contribution in [3.05, 3.63) is 41.6 Å². The summed E-state index contributed by atoms with van der Waals surface area (Å²) in [5.74, 6) is -2.19. The molecule has 3 aromatic heterocycles. The van der Waals surface area contributed by atoms with E-state index in [2.05, 4.69) is 24.9 Å². The van der Waals surface area contributed by atoms with Gasteiger partial charge in [0.1, 0.15) is 35.4 Å². The zero-order chi connectivity index (χ0) is 27.7. The van der Waals surface area contributed by atoms with Gasteiger partial charge in [-0.3, -0.25) is 19.2 Å². The summed E-state index contributed by atoms with van der Waals surface area (Å²) in [6.07, 6.45) is 3.54. The smallest absolute Gasteiger partial charge is 0.352 e. The summed E-state index contributed by atoms with van der Waals surface area (Å²) in [7, 11) is 0. The molecule has 1 saturated heterocycles. The number of nitrogens with zero attached hydrogens (tertiary/aromatic N) is 7. The van der Waals surface area contributed by atoms with E-state index in [-0.39, 0.29) is 35.5 Å². The number of fused-ring (bicyclic) bond motifs is 2. The Morgan fingerprint density at radius 3 is 2.92 bits per heavy atom. The summed E-state index contributed by atoms with van der Waals surface area (Å²) >= 11 is 2.25. The molecule has 0 radical (unpaired) electrons. The largest absolute Gasteiger partial charge is 0.477 e. The molecule has 3 aromatic rings.